The second-order valence-corrected chi connectivity index (χ2v) is 5.13. The summed E-state index contributed by atoms with van der Waals surface area (Å²) in [5.41, 5.74) is 0. The van der Waals surface area contributed by atoms with Crippen LogP contribution in [0.15, 0.2) is 0 Å². The van der Waals surface area contributed by atoms with Crippen LogP contribution in [0.2, 0.25) is 0 Å². The maximum atomic E-state index is 11.9. The lowest BCUT2D eigenvalue weighted by atomic mass is 10.0. The number of aliphatic hydroxyl groups is 1. The van der Waals surface area contributed by atoms with Crippen molar-refractivity contribution in [1.29, 1.82) is 0 Å². The largest absolute Gasteiger partial charge is 0.396 e. The third kappa shape index (κ3) is 6.36. The van der Waals surface area contributed by atoms with E-state index in [0.717, 1.165) is 51.7 Å². The van der Waals surface area contributed by atoms with E-state index >= 15 is 0 Å². The van der Waals surface area contributed by atoms with E-state index in [1.807, 2.05) is 7.05 Å². The molecule has 1 unspecified atom stereocenters. The van der Waals surface area contributed by atoms with Crippen LogP contribution in [-0.4, -0.2) is 48.8 Å². The van der Waals surface area contributed by atoms with Crippen LogP contribution in [-0.2, 0) is 9.53 Å². The standard InChI is InChI=1S/C14H27NO3/c1-15(10-4-2-5-11-16)14(17)9-8-13-7-3-6-12-18-13/h13,16H,2-12H2,1H3. The van der Waals surface area contributed by atoms with Gasteiger partial charge in [0.15, 0.2) is 0 Å². The molecule has 0 aliphatic carbocycles. The molecule has 0 aromatic carbocycles. The summed E-state index contributed by atoms with van der Waals surface area (Å²) in [6.45, 7) is 1.90. The van der Waals surface area contributed by atoms with Crippen LogP contribution < -0.4 is 0 Å². The maximum Gasteiger partial charge on any atom is 0.222 e. The minimum Gasteiger partial charge on any atom is -0.396 e. The van der Waals surface area contributed by atoms with Crippen LogP contribution in [0.3, 0.4) is 0 Å². The van der Waals surface area contributed by atoms with Crippen molar-refractivity contribution in [2.75, 3.05) is 26.8 Å². The van der Waals surface area contributed by atoms with Gasteiger partial charge in [-0.1, -0.05) is 0 Å². The molecule has 1 heterocycles. The topological polar surface area (TPSA) is 49.8 Å². The average molecular weight is 257 g/mol. The van der Waals surface area contributed by atoms with Crippen LogP contribution in [0.4, 0.5) is 0 Å². The lowest BCUT2D eigenvalue weighted by Crippen LogP contribution is -2.29. The zero-order valence-electron chi connectivity index (χ0n) is 11.6. The smallest absolute Gasteiger partial charge is 0.222 e. The second-order valence-electron chi connectivity index (χ2n) is 5.13. The summed E-state index contributed by atoms with van der Waals surface area (Å²) in [6, 6.07) is 0. The molecule has 0 spiro atoms. The van der Waals surface area contributed by atoms with E-state index in [9.17, 15) is 4.79 Å². The molecule has 1 saturated heterocycles. The summed E-state index contributed by atoms with van der Waals surface area (Å²) in [7, 11) is 1.86. The molecular weight excluding hydrogens is 230 g/mol. The lowest BCUT2D eigenvalue weighted by Gasteiger charge is -2.23. The summed E-state index contributed by atoms with van der Waals surface area (Å²) < 4.78 is 5.62. The molecule has 4 nitrogen and oxygen atoms in total. The van der Waals surface area contributed by atoms with Crippen molar-refractivity contribution < 1.29 is 14.6 Å². The third-order valence-corrected chi connectivity index (χ3v) is 3.53. The zero-order valence-corrected chi connectivity index (χ0v) is 11.6. The van der Waals surface area contributed by atoms with Crippen LogP contribution in [0.1, 0.15) is 51.4 Å². The summed E-state index contributed by atoms with van der Waals surface area (Å²) in [5.74, 6) is 0.216. The summed E-state index contributed by atoms with van der Waals surface area (Å²) >= 11 is 0. The third-order valence-electron chi connectivity index (χ3n) is 3.53. The van der Waals surface area contributed by atoms with Crippen molar-refractivity contribution in [3.8, 4) is 0 Å². The molecule has 1 N–H and O–H groups in total. The minimum absolute atomic E-state index is 0.216. The summed E-state index contributed by atoms with van der Waals surface area (Å²) in [5, 5.41) is 8.67. The average Bonchev–Trinajstić information content (AvgIpc) is 2.42. The minimum atomic E-state index is 0.216. The van der Waals surface area contributed by atoms with Gasteiger partial charge in [0.25, 0.3) is 0 Å². The number of rotatable bonds is 8. The molecular formula is C14H27NO3. The van der Waals surface area contributed by atoms with E-state index in [4.69, 9.17) is 9.84 Å². The number of ether oxygens (including phenoxy) is 1. The Morgan fingerprint density at radius 3 is 2.83 bits per heavy atom. The van der Waals surface area contributed by atoms with Crippen molar-refractivity contribution in [2.45, 2.75) is 57.5 Å². The van der Waals surface area contributed by atoms with Gasteiger partial charge in [-0.25, -0.2) is 0 Å². The second kappa shape index (κ2) is 9.34. The highest BCUT2D eigenvalue weighted by atomic mass is 16.5. The van der Waals surface area contributed by atoms with Gasteiger partial charge in [-0.2, -0.15) is 0 Å². The molecule has 106 valence electrons. The molecule has 1 atom stereocenters. The van der Waals surface area contributed by atoms with E-state index in [1.165, 1.54) is 6.42 Å². The number of hydrogen-bond donors (Lipinski definition) is 1. The molecule has 1 amide bonds. The molecule has 18 heavy (non-hydrogen) atoms. The van der Waals surface area contributed by atoms with E-state index in [0.29, 0.717) is 12.5 Å². The number of nitrogens with zero attached hydrogens (tertiary/aromatic N) is 1. The Balaban J connectivity index is 2.07. The first kappa shape index (κ1) is 15.4. The maximum absolute atomic E-state index is 11.9. The van der Waals surface area contributed by atoms with Gasteiger partial charge >= 0.3 is 0 Å². The van der Waals surface area contributed by atoms with Crippen LogP contribution in [0.5, 0.6) is 0 Å². The predicted octanol–water partition coefficient (Wildman–Crippen LogP) is 1.96. The molecule has 1 aliphatic heterocycles. The highest BCUT2D eigenvalue weighted by Gasteiger charge is 2.16. The first-order valence-corrected chi connectivity index (χ1v) is 7.20. The summed E-state index contributed by atoms with van der Waals surface area (Å²) in [4.78, 5) is 13.7. The van der Waals surface area contributed by atoms with E-state index in [1.54, 1.807) is 4.90 Å². The van der Waals surface area contributed by atoms with Crippen molar-refractivity contribution in [3.63, 3.8) is 0 Å². The molecule has 0 radical (unpaired) electrons. The molecule has 0 aromatic rings. The van der Waals surface area contributed by atoms with Crippen molar-refractivity contribution >= 4 is 5.91 Å². The predicted molar refractivity (Wildman–Crippen MR) is 71.4 cm³/mol. The number of hydrogen-bond acceptors (Lipinski definition) is 3. The van der Waals surface area contributed by atoms with E-state index in [2.05, 4.69) is 0 Å². The Labute approximate surface area is 110 Å². The Kier molecular flexibility index (Phi) is 8.01. The van der Waals surface area contributed by atoms with Crippen LogP contribution in [0.25, 0.3) is 0 Å². The highest BCUT2D eigenvalue weighted by Crippen LogP contribution is 2.17. The van der Waals surface area contributed by atoms with Gasteiger partial charge in [0.05, 0.1) is 6.10 Å². The Bertz CT molecular complexity index is 227. The molecule has 0 bridgehead atoms. The highest BCUT2D eigenvalue weighted by molar-refractivity contribution is 5.75. The first-order valence-electron chi connectivity index (χ1n) is 7.20. The molecule has 1 aliphatic rings. The Morgan fingerprint density at radius 2 is 2.17 bits per heavy atom. The number of unbranched alkanes of at least 4 members (excludes halogenated alkanes) is 2. The molecule has 0 saturated carbocycles. The fourth-order valence-corrected chi connectivity index (χ4v) is 2.27. The molecule has 4 heteroatoms. The van der Waals surface area contributed by atoms with Gasteiger partial charge in [-0.3, -0.25) is 4.79 Å². The van der Waals surface area contributed by atoms with E-state index < -0.39 is 0 Å². The van der Waals surface area contributed by atoms with Gasteiger partial charge in [-0.15, -0.1) is 0 Å². The molecule has 1 rings (SSSR count). The molecule has 0 aromatic heterocycles. The van der Waals surface area contributed by atoms with Gasteiger partial charge in [0.2, 0.25) is 5.91 Å². The van der Waals surface area contributed by atoms with Gasteiger partial charge < -0.3 is 14.7 Å². The first-order chi connectivity index (χ1) is 8.74. The summed E-state index contributed by atoms with van der Waals surface area (Å²) in [6.07, 6.45) is 8.05. The van der Waals surface area contributed by atoms with Crippen molar-refractivity contribution in [1.82, 2.24) is 4.90 Å². The molecule has 1 fully saturated rings. The van der Waals surface area contributed by atoms with Crippen molar-refractivity contribution in [3.05, 3.63) is 0 Å². The quantitative estimate of drug-likeness (QED) is 0.676. The van der Waals surface area contributed by atoms with Crippen molar-refractivity contribution in [2.24, 2.45) is 0 Å². The Morgan fingerprint density at radius 1 is 1.33 bits per heavy atom. The lowest BCUT2D eigenvalue weighted by molar-refractivity contribution is -0.131. The van der Waals surface area contributed by atoms with Crippen LogP contribution >= 0.6 is 0 Å². The fourth-order valence-electron chi connectivity index (χ4n) is 2.27. The van der Waals surface area contributed by atoms with Gasteiger partial charge in [0.1, 0.15) is 0 Å². The van der Waals surface area contributed by atoms with Crippen LogP contribution in [0, 0.1) is 0 Å². The van der Waals surface area contributed by atoms with E-state index in [-0.39, 0.29) is 12.5 Å². The number of aliphatic hydroxyl groups excluding tert-OH is 1. The number of carbonyl (C=O) groups is 1. The van der Waals surface area contributed by atoms with Gasteiger partial charge in [-0.05, 0) is 44.9 Å². The zero-order chi connectivity index (χ0) is 13.2. The Hall–Kier alpha value is -0.610. The SMILES string of the molecule is CN(CCCCCO)C(=O)CCC1CCCCO1. The number of amides is 1. The fraction of sp³-hybridized carbons (Fsp3) is 0.929. The van der Waals surface area contributed by atoms with Gasteiger partial charge in [0, 0.05) is 33.2 Å². The number of carbonyl (C=O) groups excluding carboxylic acids is 1. The normalized spacial score (nSPS) is 19.8. The monoisotopic (exact) mass is 257 g/mol.